The first-order valence-corrected chi connectivity index (χ1v) is 16.4. The monoisotopic (exact) mass is 578 g/mol. The highest BCUT2D eigenvalue weighted by molar-refractivity contribution is 5.89. The van der Waals surface area contributed by atoms with Crippen LogP contribution in [-0.2, 0) is 19.1 Å². The molecular weight excluding hydrogens is 520 g/mol. The summed E-state index contributed by atoms with van der Waals surface area (Å²) >= 11 is 0. The minimum Gasteiger partial charge on any atom is -0.463 e. The van der Waals surface area contributed by atoms with Crippen molar-refractivity contribution < 1.29 is 19.1 Å². The van der Waals surface area contributed by atoms with E-state index in [0.717, 1.165) is 57.8 Å². The maximum atomic E-state index is 12.8. The summed E-state index contributed by atoms with van der Waals surface area (Å²) in [6, 6.07) is 0. The molecule has 42 heavy (non-hydrogen) atoms. The normalized spacial score (nSPS) is 20.0. The Morgan fingerprint density at radius 2 is 1.29 bits per heavy atom. The number of esters is 1. The lowest BCUT2D eigenvalue weighted by molar-refractivity contribution is -0.139. The fourth-order valence-electron chi connectivity index (χ4n) is 4.93. The van der Waals surface area contributed by atoms with E-state index >= 15 is 0 Å². The van der Waals surface area contributed by atoms with E-state index in [1.165, 1.54) is 0 Å². The number of ether oxygens (including phenoxy) is 2. The smallest absolute Gasteiger partial charge is 0.333 e. The van der Waals surface area contributed by atoms with Crippen LogP contribution < -0.4 is 0 Å². The Balaban J connectivity index is 2.34. The van der Waals surface area contributed by atoms with Gasteiger partial charge in [-0.25, -0.2) is 4.79 Å². The lowest BCUT2D eigenvalue weighted by Crippen LogP contribution is -2.36. The zero-order chi connectivity index (χ0) is 30.8. The Morgan fingerprint density at radius 1 is 0.786 bits per heavy atom. The average molecular weight is 579 g/mol. The third-order valence-corrected chi connectivity index (χ3v) is 7.58. The van der Waals surface area contributed by atoms with E-state index in [-0.39, 0.29) is 35.8 Å². The van der Waals surface area contributed by atoms with Gasteiger partial charge in [-0.15, -0.1) is 0 Å². The van der Waals surface area contributed by atoms with E-state index in [1.54, 1.807) is 0 Å². The van der Waals surface area contributed by atoms with Crippen LogP contribution >= 0.6 is 0 Å². The van der Waals surface area contributed by atoms with Crippen molar-refractivity contribution in [3.63, 3.8) is 0 Å². The predicted molar refractivity (Wildman–Crippen MR) is 178 cm³/mol. The predicted octanol–water partition coefficient (Wildman–Crippen LogP) is 10.1. The molecule has 0 saturated carbocycles. The molecule has 0 unspecified atom stereocenters. The Labute approximate surface area is 257 Å². The standard InChI is InChI=1S/C38H58O4/c1-6-10-11-12-13-14-15-16-17-18-19-20-21-22-23-24-25-26-27-28-35(39)30-33-29-34(38(40)41-9-4)31-37(32(33)5)42-36(7-2)8-3/h10-11,13-14,16-17,19-20,22-23,25-26,31-33,36-37H,6-9,12,15,18,21,24,27-30H2,1-5H3/b11-10-,14-13-,17-16-,20-19-,23-22-,26-25-/t32-,33-,37-/m1/s1. The van der Waals surface area contributed by atoms with E-state index in [4.69, 9.17) is 9.47 Å². The summed E-state index contributed by atoms with van der Waals surface area (Å²) in [5.74, 6) is 0.237. The van der Waals surface area contributed by atoms with Gasteiger partial charge in [0.15, 0.2) is 0 Å². The number of carbonyl (C=O) groups is 2. The summed E-state index contributed by atoms with van der Waals surface area (Å²) in [4.78, 5) is 25.4. The van der Waals surface area contributed by atoms with Gasteiger partial charge >= 0.3 is 5.97 Å². The highest BCUT2D eigenvalue weighted by atomic mass is 16.5. The van der Waals surface area contributed by atoms with Gasteiger partial charge < -0.3 is 9.47 Å². The number of carbonyl (C=O) groups excluding carboxylic acids is 2. The Bertz CT molecular complexity index is 942. The second-order valence-corrected chi connectivity index (χ2v) is 11.0. The summed E-state index contributed by atoms with van der Waals surface area (Å²) in [5.41, 5.74) is 0.653. The molecule has 0 amide bonds. The van der Waals surface area contributed by atoms with Crippen LogP contribution in [0.15, 0.2) is 84.6 Å². The highest BCUT2D eigenvalue weighted by Gasteiger charge is 2.35. The summed E-state index contributed by atoms with van der Waals surface area (Å²) < 4.78 is 11.6. The Hall–Kier alpha value is -2.72. The second kappa shape index (κ2) is 24.8. The van der Waals surface area contributed by atoms with Crippen molar-refractivity contribution in [2.24, 2.45) is 11.8 Å². The first-order valence-electron chi connectivity index (χ1n) is 16.4. The van der Waals surface area contributed by atoms with E-state index in [1.807, 2.05) is 13.0 Å². The summed E-state index contributed by atoms with van der Waals surface area (Å²) in [6.07, 6.45) is 38.3. The van der Waals surface area contributed by atoms with Crippen LogP contribution in [-0.4, -0.2) is 30.6 Å². The van der Waals surface area contributed by atoms with Crippen LogP contribution in [0.4, 0.5) is 0 Å². The summed E-state index contributed by atoms with van der Waals surface area (Å²) in [6.45, 7) is 10.7. The van der Waals surface area contributed by atoms with E-state index < -0.39 is 0 Å². The third-order valence-electron chi connectivity index (χ3n) is 7.58. The van der Waals surface area contributed by atoms with Crippen LogP contribution in [0, 0.1) is 11.8 Å². The Kier molecular flexibility index (Phi) is 22.1. The molecule has 0 heterocycles. The molecule has 0 saturated heterocycles. The van der Waals surface area contributed by atoms with Gasteiger partial charge in [0, 0.05) is 18.4 Å². The molecule has 1 aliphatic rings. The maximum absolute atomic E-state index is 12.8. The number of rotatable bonds is 22. The van der Waals surface area contributed by atoms with E-state index in [0.29, 0.717) is 31.4 Å². The van der Waals surface area contributed by atoms with Crippen molar-refractivity contribution in [3.8, 4) is 0 Å². The molecule has 0 fully saturated rings. The van der Waals surface area contributed by atoms with Gasteiger partial charge in [0.1, 0.15) is 5.78 Å². The van der Waals surface area contributed by atoms with Crippen molar-refractivity contribution in [1.29, 1.82) is 0 Å². The molecule has 0 aromatic carbocycles. The number of Topliss-reactive ketones (excluding diaryl/α,β-unsaturated/α-hetero) is 1. The van der Waals surface area contributed by atoms with Gasteiger partial charge in [0.25, 0.3) is 0 Å². The van der Waals surface area contributed by atoms with Gasteiger partial charge in [-0.2, -0.15) is 0 Å². The molecule has 1 rings (SSSR count). The highest BCUT2D eigenvalue weighted by Crippen LogP contribution is 2.35. The first-order chi connectivity index (χ1) is 20.5. The van der Waals surface area contributed by atoms with Crippen LogP contribution in [0.25, 0.3) is 0 Å². The number of hydrogen-bond donors (Lipinski definition) is 0. The van der Waals surface area contributed by atoms with Gasteiger partial charge in [-0.3, -0.25) is 4.79 Å². The number of hydrogen-bond acceptors (Lipinski definition) is 4. The largest absolute Gasteiger partial charge is 0.463 e. The van der Waals surface area contributed by atoms with E-state index in [9.17, 15) is 9.59 Å². The summed E-state index contributed by atoms with van der Waals surface area (Å²) in [7, 11) is 0. The fourth-order valence-corrected chi connectivity index (χ4v) is 4.93. The second-order valence-electron chi connectivity index (χ2n) is 11.0. The fraction of sp³-hybridized carbons (Fsp3) is 0.579. The topological polar surface area (TPSA) is 52.6 Å². The first kappa shape index (κ1) is 37.3. The molecule has 4 heteroatoms. The minimum absolute atomic E-state index is 0.0894. The molecule has 1 aliphatic carbocycles. The lowest BCUT2D eigenvalue weighted by Gasteiger charge is -2.36. The molecule has 3 atom stereocenters. The number of ketones is 1. The maximum Gasteiger partial charge on any atom is 0.333 e. The number of allylic oxidation sites excluding steroid dienone is 12. The summed E-state index contributed by atoms with van der Waals surface area (Å²) in [5, 5.41) is 0. The van der Waals surface area contributed by atoms with Gasteiger partial charge in [-0.05, 0) is 89.0 Å². The lowest BCUT2D eigenvalue weighted by atomic mass is 9.76. The van der Waals surface area contributed by atoms with Gasteiger partial charge in [-0.1, -0.05) is 101 Å². The Morgan fingerprint density at radius 3 is 1.76 bits per heavy atom. The molecule has 0 aromatic heterocycles. The molecule has 0 aliphatic heterocycles. The van der Waals surface area contributed by atoms with Gasteiger partial charge in [0.2, 0.25) is 0 Å². The SMILES string of the molecule is CC/C=C\C/C=C\C/C=C\C/C=C\C/C=C\C/C=C\CCC(=O)C[C@H]1CC(C(=O)OCC)=C[C@@H](OC(CC)CC)[C@@H]1C. The molecule has 234 valence electrons. The molecule has 0 N–H and O–H groups in total. The van der Waals surface area contributed by atoms with Crippen molar-refractivity contribution in [2.75, 3.05) is 6.61 Å². The molecule has 0 spiro atoms. The van der Waals surface area contributed by atoms with Crippen LogP contribution in [0.5, 0.6) is 0 Å². The van der Waals surface area contributed by atoms with Crippen molar-refractivity contribution >= 4 is 11.8 Å². The third kappa shape index (κ3) is 17.3. The van der Waals surface area contributed by atoms with Crippen LogP contribution in [0.1, 0.15) is 112 Å². The molecule has 4 nitrogen and oxygen atoms in total. The van der Waals surface area contributed by atoms with Crippen LogP contribution in [0.3, 0.4) is 0 Å². The van der Waals surface area contributed by atoms with E-state index in [2.05, 4.69) is 101 Å². The zero-order valence-corrected chi connectivity index (χ0v) is 27.1. The molecule has 0 radical (unpaired) electrons. The van der Waals surface area contributed by atoms with Crippen molar-refractivity contribution in [2.45, 2.75) is 124 Å². The quantitative estimate of drug-likeness (QED) is 0.0947. The van der Waals surface area contributed by atoms with Crippen LogP contribution in [0.2, 0.25) is 0 Å². The average Bonchev–Trinajstić information content (AvgIpc) is 2.98. The molecule has 0 aromatic rings. The van der Waals surface area contributed by atoms with Gasteiger partial charge in [0.05, 0.1) is 18.8 Å². The molecule has 0 bridgehead atoms. The molecular formula is C38H58O4. The zero-order valence-electron chi connectivity index (χ0n) is 27.1. The van der Waals surface area contributed by atoms with Crippen molar-refractivity contribution in [1.82, 2.24) is 0 Å². The van der Waals surface area contributed by atoms with Crippen molar-refractivity contribution in [3.05, 3.63) is 84.6 Å². The minimum atomic E-state index is -0.280.